The standard InChI is InChI=1S/C32H46N4S/c1-7-32(5,6)19-28-26-18-25(37)12-13-29(26)36(8-2)31(28)27-17-24(20-33-30(27)22(3)4)35-16-15-34-14-10-9-11-23(34)21-35/h12-13,17-18,20,22-23,37H,7-11,14-16,19,21H2,1-6H3. The number of aromatic nitrogens is 2. The molecule has 1 aromatic carbocycles. The number of fused-ring (bicyclic) bond motifs is 2. The van der Waals surface area contributed by atoms with Gasteiger partial charge >= 0.3 is 0 Å². The lowest BCUT2D eigenvalue weighted by atomic mass is 9.81. The molecule has 3 aromatic rings. The van der Waals surface area contributed by atoms with Crippen LogP contribution in [0.5, 0.6) is 0 Å². The number of aryl methyl sites for hydroxylation is 1. The van der Waals surface area contributed by atoms with Crippen LogP contribution in [0.1, 0.15) is 84.4 Å². The number of anilines is 1. The Morgan fingerprint density at radius 2 is 1.89 bits per heavy atom. The van der Waals surface area contributed by atoms with Gasteiger partial charge in [0, 0.05) is 53.6 Å². The maximum atomic E-state index is 5.17. The minimum absolute atomic E-state index is 0.217. The molecule has 0 N–H and O–H groups in total. The Balaban J connectivity index is 1.68. The largest absolute Gasteiger partial charge is 0.367 e. The highest BCUT2D eigenvalue weighted by atomic mass is 32.1. The van der Waals surface area contributed by atoms with Crippen LogP contribution in [0.15, 0.2) is 35.4 Å². The van der Waals surface area contributed by atoms with E-state index in [1.807, 2.05) is 0 Å². The van der Waals surface area contributed by atoms with Crippen molar-refractivity contribution < 1.29 is 0 Å². The van der Waals surface area contributed by atoms with Crippen molar-refractivity contribution in [3.63, 3.8) is 0 Å². The third kappa shape index (κ3) is 5.18. The zero-order chi connectivity index (χ0) is 26.3. The van der Waals surface area contributed by atoms with Crippen LogP contribution in [0.4, 0.5) is 5.69 Å². The number of piperidine rings is 1. The van der Waals surface area contributed by atoms with Crippen LogP contribution in [0.3, 0.4) is 0 Å². The highest BCUT2D eigenvalue weighted by Crippen LogP contribution is 2.42. The monoisotopic (exact) mass is 518 g/mol. The van der Waals surface area contributed by atoms with Crippen molar-refractivity contribution in [2.75, 3.05) is 31.1 Å². The number of rotatable bonds is 7. The summed E-state index contributed by atoms with van der Waals surface area (Å²) in [6.45, 7) is 19.6. The zero-order valence-electron chi connectivity index (χ0n) is 23.8. The van der Waals surface area contributed by atoms with E-state index < -0.39 is 0 Å². The Hall–Kier alpha value is -1.98. The molecule has 0 bridgehead atoms. The molecule has 200 valence electrons. The molecular formula is C32H46N4S. The summed E-state index contributed by atoms with van der Waals surface area (Å²) in [6, 6.07) is 9.85. The van der Waals surface area contributed by atoms with Crippen LogP contribution in [0.2, 0.25) is 0 Å². The maximum absolute atomic E-state index is 5.17. The fourth-order valence-corrected chi connectivity index (χ4v) is 6.71. The van der Waals surface area contributed by atoms with Gasteiger partial charge in [0.25, 0.3) is 0 Å². The predicted octanol–water partition coefficient (Wildman–Crippen LogP) is 7.79. The normalized spacial score (nSPS) is 19.1. The van der Waals surface area contributed by atoms with Gasteiger partial charge in [-0.2, -0.15) is 0 Å². The molecule has 1 unspecified atom stereocenters. The van der Waals surface area contributed by atoms with Crippen LogP contribution in [-0.4, -0.2) is 46.7 Å². The van der Waals surface area contributed by atoms with Gasteiger partial charge in [-0.05, 0) is 73.9 Å². The van der Waals surface area contributed by atoms with Crippen molar-refractivity contribution in [3.05, 3.63) is 41.7 Å². The summed E-state index contributed by atoms with van der Waals surface area (Å²) in [5.41, 5.74) is 8.17. The Kier molecular flexibility index (Phi) is 7.66. The van der Waals surface area contributed by atoms with Crippen molar-refractivity contribution in [2.45, 2.75) is 97.0 Å². The molecule has 4 heterocycles. The Morgan fingerprint density at radius 1 is 1.08 bits per heavy atom. The highest BCUT2D eigenvalue weighted by Gasteiger charge is 2.31. The van der Waals surface area contributed by atoms with E-state index in [0.29, 0.717) is 12.0 Å². The fourth-order valence-electron chi connectivity index (χ4n) is 6.51. The maximum Gasteiger partial charge on any atom is 0.0560 e. The molecule has 4 nitrogen and oxygen atoms in total. The molecule has 37 heavy (non-hydrogen) atoms. The van der Waals surface area contributed by atoms with Gasteiger partial charge in [0.15, 0.2) is 0 Å². The average Bonchev–Trinajstić information content (AvgIpc) is 3.19. The van der Waals surface area contributed by atoms with E-state index in [1.54, 1.807) is 0 Å². The van der Waals surface area contributed by atoms with Crippen LogP contribution < -0.4 is 4.90 Å². The smallest absolute Gasteiger partial charge is 0.0560 e. The number of hydrogen-bond donors (Lipinski definition) is 1. The van der Waals surface area contributed by atoms with E-state index in [2.05, 4.69) is 86.4 Å². The molecule has 0 amide bonds. The Bertz CT molecular complexity index is 1260. The zero-order valence-corrected chi connectivity index (χ0v) is 24.7. The average molecular weight is 519 g/mol. The minimum atomic E-state index is 0.217. The molecule has 2 aliphatic heterocycles. The third-order valence-corrected chi connectivity index (χ3v) is 9.27. The van der Waals surface area contributed by atoms with Gasteiger partial charge in [0.2, 0.25) is 0 Å². The molecule has 2 aliphatic rings. The molecule has 5 heteroatoms. The number of hydrogen-bond acceptors (Lipinski definition) is 4. The topological polar surface area (TPSA) is 24.3 Å². The van der Waals surface area contributed by atoms with Gasteiger partial charge in [-0.25, -0.2) is 0 Å². The first kappa shape index (κ1) is 26.6. The Labute approximate surface area is 229 Å². The molecule has 1 atom stereocenters. The Morgan fingerprint density at radius 3 is 2.62 bits per heavy atom. The van der Waals surface area contributed by atoms with Crippen LogP contribution in [-0.2, 0) is 13.0 Å². The number of nitrogens with zero attached hydrogens (tertiary/aromatic N) is 4. The quantitative estimate of drug-likeness (QED) is 0.323. The second kappa shape index (κ2) is 10.6. The summed E-state index contributed by atoms with van der Waals surface area (Å²) < 4.78 is 2.54. The van der Waals surface area contributed by atoms with Crippen molar-refractivity contribution in [2.24, 2.45) is 5.41 Å². The molecule has 0 spiro atoms. The van der Waals surface area contributed by atoms with E-state index in [1.165, 1.54) is 71.5 Å². The van der Waals surface area contributed by atoms with Crippen LogP contribution in [0, 0.1) is 5.41 Å². The predicted molar refractivity (Wildman–Crippen MR) is 161 cm³/mol. The molecule has 2 fully saturated rings. The van der Waals surface area contributed by atoms with Crippen molar-refractivity contribution in [1.29, 1.82) is 0 Å². The van der Waals surface area contributed by atoms with E-state index >= 15 is 0 Å². The van der Waals surface area contributed by atoms with Crippen molar-refractivity contribution >= 4 is 29.2 Å². The van der Waals surface area contributed by atoms with Gasteiger partial charge in [-0.3, -0.25) is 9.88 Å². The second-order valence-electron chi connectivity index (χ2n) is 12.4. The summed E-state index contributed by atoms with van der Waals surface area (Å²) in [5, 5.41) is 1.35. The van der Waals surface area contributed by atoms with E-state index in [9.17, 15) is 0 Å². The van der Waals surface area contributed by atoms with Gasteiger partial charge in [-0.1, -0.05) is 47.5 Å². The number of benzene rings is 1. The third-order valence-electron chi connectivity index (χ3n) is 8.99. The van der Waals surface area contributed by atoms with Gasteiger partial charge < -0.3 is 9.47 Å². The lowest BCUT2D eigenvalue weighted by molar-refractivity contribution is 0.133. The van der Waals surface area contributed by atoms with E-state index in [0.717, 1.165) is 37.4 Å². The summed E-state index contributed by atoms with van der Waals surface area (Å²) in [4.78, 5) is 11.5. The van der Waals surface area contributed by atoms with Crippen molar-refractivity contribution in [3.8, 4) is 11.3 Å². The molecular weight excluding hydrogens is 472 g/mol. The first-order valence-corrected chi connectivity index (χ1v) is 15.0. The fraction of sp³-hybridized carbons (Fsp3) is 0.594. The van der Waals surface area contributed by atoms with Gasteiger partial charge in [0.1, 0.15) is 0 Å². The molecule has 0 radical (unpaired) electrons. The first-order valence-electron chi connectivity index (χ1n) is 14.6. The number of pyridine rings is 1. The van der Waals surface area contributed by atoms with Gasteiger partial charge in [-0.15, -0.1) is 12.6 Å². The van der Waals surface area contributed by atoms with Crippen LogP contribution >= 0.6 is 12.6 Å². The first-order chi connectivity index (χ1) is 17.7. The molecule has 0 aliphatic carbocycles. The van der Waals surface area contributed by atoms with Crippen molar-refractivity contribution in [1.82, 2.24) is 14.5 Å². The summed E-state index contributed by atoms with van der Waals surface area (Å²) >= 11 is 4.75. The highest BCUT2D eigenvalue weighted by molar-refractivity contribution is 7.80. The van der Waals surface area contributed by atoms with Crippen LogP contribution in [0.25, 0.3) is 22.2 Å². The minimum Gasteiger partial charge on any atom is -0.367 e. The molecule has 2 saturated heterocycles. The lowest BCUT2D eigenvalue weighted by Gasteiger charge is -2.45. The summed E-state index contributed by atoms with van der Waals surface area (Å²) in [6.07, 6.45) is 8.39. The molecule has 2 aromatic heterocycles. The number of piperazine rings is 1. The molecule has 5 rings (SSSR count). The number of thiol groups is 1. The van der Waals surface area contributed by atoms with E-state index in [-0.39, 0.29) is 5.41 Å². The van der Waals surface area contributed by atoms with Gasteiger partial charge in [0.05, 0.1) is 23.3 Å². The summed E-state index contributed by atoms with van der Waals surface area (Å²) in [7, 11) is 0. The summed E-state index contributed by atoms with van der Waals surface area (Å²) in [5.74, 6) is 0.357. The molecule has 0 saturated carbocycles. The lowest BCUT2D eigenvalue weighted by Crippen LogP contribution is -2.54. The second-order valence-corrected chi connectivity index (χ2v) is 12.9. The SMILES string of the molecule is CCn1c(-c2cc(N3CCN4CCCCC4C3)cnc2C(C)C)c(CC(C)(C)CC)c2cc(S)ccc21. The van der Waals surface area contributed by atoms with E-state index in [4.69, 9.17) is 17.6 Å².